The van der Waals surface area contributed by atoms with Crippen molar-refractivity contribution in [3.63, 3.8) is 0 Å². The van der Waals surface area contributed by atoms with E-state index in [1.807, 2.05) is 0 Å². The molecule has 1 saturated carbocycles. The summed E-state index contributed by atoms with van der Waals surface area (Å²) < 4.78 is 17.9. The Morgan fingerprint density at radius 1 is 1.50 bits per heavy atom. The molecule has 0 spiro atoms. The molecule has 1 atom stereocenters. The fourth-order valence-electron chi connectivity index (χ4n) is 1.47. The van der Waals surface area contributed by atoms with Crippen LogP contribution in [0.4, 0.5) is 4.39 Å². The molecule has 1 aliphatic rings. The Hall–Kier alpha value is -0.580. The summed E-state index contributed by atoms with van der Waals surface area (Å²) in [6, 6.07) is 1.50. The monoisotopic (exact) mass is 268 g/mol. The minimum atomic E-state index is -0.445. The molecule has 16 heavy (non-hydrogen) atoms. The first-order chi connectivity index (χ1) is 6.72. The van der Waals surface area contributed by atoms with Gasteiger partial charge in [-0.05, 0) is 18.8 Å². The van der Waals surface area contributed by atoms with Gasteiger partial charge in [0, 0.05) is 12.1 Å². The van der Waals surface area contributed by atoms with E-state index >= 15 is 0 Å². The summed E-state index contributed by atoms with van der Waals surface area (Å²) in [6.45, 7) is 0. The molecule has 0 unspecified atom stereocenters. The minimum absolute atomic E-state index is 0. The molecular weight excluding hydrogens is 254 g/mol. The van der Waals surface area contributed by atoms with Crippen LogP contribution in [0, 0.1) is 11.7 Å². The maximum Gasteiger partial charge on any atom is 0.183 e. The largest absolute Gasteiger partial charge is 0.494 e. The van der Waals surface area contributed by atoms with Gasteiger partial charge in [0.1, 0.15) is 0 Å². The van der Waals surface area contributed by atoms with Gasteiger partial charge in [-0.2, -0.15) is 0 Å². The van der Waals surface area contributed by atoms with E-state index in [4.69, 9.17) is 10.5 Å². The van der Waals surface area contributed by atoms with Crippen LogP contribution in [-0.4, -0.2) is 12.1 Å². The zero-order valence-corrected chi connectivity index (χ0v) is 10.5. The van der Waals surface area contributed by atoms with Crippen molar-refractivity contribution in [3.05, 3.63) is 23.8 Å². The summed E-state index contributed by atoms with van der Waals surface area (Å²) in [6.07, 6.45) is 3.45. The zero-order chi connectivity index (χ0) is 10.1. The number of rotatable bonds is 3. The minimum Gasteiger partial charge on any atom is -0.494 e. The highest BCUT2D eigenvalue weighted by Crippen LogP contribution is 2.39. The molecule has 3 nitrogen and oxygen atoms in total. The van der Waals surface area contributed by atoms with Crippen LogP contribution >= 0.6 is 24.8 Å². The molecule has 2 N–H and O–H groups in total. The van der Waals surface area contributed by atoms with Crippen molar-refractivity contribution in [2.24, 2.45) is 11.7 Å². The number of nitrogens with zero attached hydrogens (tertiary/aromatic N) is 1. The van der Waals surface area contributed by atoms with Crippen molar-refractivity contribution in [1.82, 2.24) is 4.98 Å². The van der Waals surface area contributed by atoms with Crippen LogP contribution in [0.3, 0.4) is 0 Å². The second-order valence-electron chi connectivity index (χ2n) is 3.61. The lowest BCUT2D eigenvalue weighted by Crippen LogP contribution is -2.14. The molecular formula is C10H15Cl2FN2O. The number of aromatic nitrogens is 1. The maximum absolute atomic E-state index is 13.0. The van der Waals surface area contributed by atoms with Crippen LogP contribution in [0.25, 0.3) is 0 Å². The maximum atomic E-state index is 13.0. The molecule has 1 aliphatic carbocycles. The Morgan fingerprint density at radius 3 is 2.62 bits per heavy atom. The Labute approximate surface area is 106 Å². The van der Waals surface area contributed by atoms with Gasteiger partial charge in [0.25, 0.3) is 0 Å². The summed E-state index contributed by atoms with van der Waals surface area (Å²) in [5.74, 6) is 0.281. The predicted octanol–water partition coefficient (Wildman–Crippen LogP) is 2.48. The quantitative estimate of drug-likeness (QED) is 0.917. The van der Waals surface area contributed by atoms with Gasteiger partial charge in [-0.3, -0.25) is 4.98 Å². The molecule has 92 valence electrons. The van der Waals surface area contributed by atoms with Crippen LogP contribution in [0.15, 0.2) is 12.3 Å². The fraction of sp³-hybridized carbons (Fsp3) is 0.500. The van der Waals surface area contributed by atoms with E-state index in [9.17, 15) is 4.39 Å². The van der Waals surface area contributed by atoms with Gasteiger partial charge in [-0.1, -0.05) is 0 Å². The van der Waals surface area contributed by atoms with E-state index in [0.717, 1.165) is 19.0 Å². The third-order valence-electron chi connectivity index (χ3n) is 2.53. The smallest absolute Gasteiger partial charge is 0.183 e. The first-order valence-electron chi connectivity index (χ1n) is 4.67. The van der Waals surface area contributed by atoms with Gasteiger partial charge in [0.15, 0.2) is 11.6 Å². The number of halogens is 3. The number of hydrogen-bond donors (Lipinski definition) is 1. The van der Waals surface area contributed by atoms with Gasteiger partial charge in [0.2, 0.25) is 0 Å². The standard InChI is InChI=1S/C10H13FN2O.2ClH/c1-14-9-4-8(13-5-7(9)11)10(12)6-2-3-6;;/h4-6,10H,2-3,12H2,1H3;2*1H/t10-;;/m0../s1. The topological polar surface area (TPSA) is 48.1 Å². The lowest BCUT2D eigenvalue weighted by atomic mass is 10.1. The fourth-order valence-corrected chi connectivity index (χ4v) is 1.47. The van der Waals surface area contributed by atoms with E-state index < -0.39 is 5.82 Å². The highest BCUT2D eigenvalue weighted by molar-refractivity contribution is 5.85. The first-order valence-corrected chi connectivity index (χ1v) is 4.67. The van der Waals surface area contributed by atoms with Gasteiger partial charge in [-0.15, -0.1) is 24.8 Å². The van der Waals surface area contributed by atoms with E-state index in [1.54, 1.807) is 6.07 Å². The molecule has 0 aliphatic heterocycles. The summed E-state index contributed by atoms with van der Waals surface area (Å²) >= 11 is 0. The van der Waals surface area contributed by atoms with Gasteiger partial charge in [-0.25, -0.2) is 4.39 Å². The molecule has 0 bridgehead atoms. The van der Waals surface area contributed by atoms with Crippen molar-refractivity contribution in [1.29, 1.82) is 0 Å². The number of pyridine rings is 1. The summed E-state index contributed by atoms with van der Waals surface area (Å²) in [5, 5.41) is 0. The third-order valence-corrected chi connectivity index (χ3v) is 2.53. The van der Waals surface area contributed by atoms with Gasteiger partial charge < -0.3 is 10.5 Å². The molecule has 1 fully saturated rings. The Kier molecular flexibility index (Phi) is 6.00. The van der Waals surface area contributed by atoms with Crippen molar-refractivity contribution in [2.45, 2.75) is 18.9 Å². The molecule has 1 aromatic heterocycles. The van der Waals surface area contributed by atoms with Crippen LogP contribution in [0.5, 0.6) is 5.75 Å². The van der Waals surface area contributed by atoms with E-state index in [2.05, 4.69) is 4.98 Å². The van der Waals surface area contributed by atoms with Gasteiger partial charge in [0.05, 0.1) is 19.0 Å². The van der Waals surface area contributed by atoms with Crippen molar-refractivity contribution >= 4 is 24.8 Å². The van der Waals surface area contributed by atoms with Crippen molar-refractivity contribution in [3.8, 4) is 5.75 Å². The SMILES string of the molecule is COc1cc([C@@H](N)C2CC2)ncc1F.Cl.Cl. The van der Waals surface area contributed by atoms with Crippen LogP contribution < -0.4 is 10.5 Å². The number of nitrogens with two attached hydrogens (primary N) is 1. The van der Waals surface area contributed by atoms with Gasteiger partial charge >= 0.3 is 0 Å². The second kappa shape index (κ2) is 6.23. The molecule has 0 radical (unpaired) electrons. The molecule has 0 aromatic carbocycles. The number of ether oxygens (including phenoxy) is 1. The normalized spacial score (nSPS) is 15.7. The summed E-state index contributed by atoms with van der Waals surface area (Å²) in [7, 11) is 1.44. The Bertz CT molecular complexity index is 348. The van der Waals surface area contributed by atoms with Crippen LogP contribution in [0.1, 0.15) is 24.6 Å². The molecule has 0 saturated heterocycles. The number of hydrogen-bond acceptors (Lipinski definition) is 3. The van der Waals surface area contributed by atoms with E-state index in [-0.39, 0.29) is 36.6 Å². The summed E-state index contributed by atoms with van der Waals surface area (Å²) in [4.78, 5) is 3.97. The Balaban J connectivity index is 0.00000112. The highest BCUT2D eigenvalue weighted by Gasteiger charge is 2.30. The van der Waals surface area contributed by atoms with Crippen LogP contribution in [-0.2, 0) is 0 Å². The van der Waals surface area contributed by atoms with E-state index in [0.29, 0.717) is 11.6 Å². The zero-order valence-electron chi connectivity index (χ0n) is 8.85. The third kappa shape index (κ3) is 3.20. The lowest BCUT2D eigenvalue weighted by molar-refractivity contribution is 0.383. The predicted molar refractivity (Wildman–Crippen MR) is 64.9 cm³/mol. The van der Waals surface area contributed by atoms with Crippen molar-refractivity contribution < 1.29 is 9.13 Å². The molecule has 1 heterocycles. The first kappa shape index (κ1) is 15.4. The lowest BCUT2D eigenvalue weighted by Gasteiger charge is -2.10. The van der Waals surface area contributed by atoms with Crippen LogP contribution in [0.2, 0.25) is 0 Å². The molecule has 0 amide bonds. The molecule has 1 aromatic rings. The average Bonchev–Trinajstić information content (AvgIpc) is 3.01. The second-order valence-corrected chi connectivity index (χ2v) is 3.61. The molecule has 6 heteroatoms. The highest BCUT2D eigenvalue weighted by atomic mass is 35.5. The summed E-state index contributed by atoms with van der Waals surface area (Å²) in [5.41, 5.74) is 6.65. The molecule has 2 rings (SSSR count). The van der Waals surface area contributed by atoms with E-state index in [1.165, 1.54) is 7.11 Å². The average molecular weight is 269 g/mol. The Morgan fingerprint density at radius 2 is 2.12 bits per heavy atom. The van der Waals surface area contributed by atoms with Crippen molar-refractivity contribution in [2.75, 3.05) is 7.11 Å². The number of methoxy groups -OCH3 is 1.